The minimum Gasteiger partial charge on any atom is -0.380 e. The largest absolute Gasteiger partial charge is 0.380 e. The van der Waals surface area contributed by atoms with Gasteiger partial charge in [0, 0.05) is 6.61 Å². The Morgan fingerprint density at radius 3 is 2.65 bits per heavy atom. The normalized spacial score (nSPS) is 23.2. The second-order valence-electron chi connectivity index (χ2n) is 5.30. The summed E-state index contributed by atoms with van der Waals surface area (Å²) in [5, 5.41) is 8.60. The van der Waals surface area contributed by atoms with Crippen molar-refractivity contribution in [2.75, 3.05) is 13.2 Å². The van der Waals surface area contributed by atoms with Crippen LogP contribution in [-0.2, 0) is 21.2 Å². The number of nitriles is 1. The molecule has 0 aliphatic carbocycles. The lowest BCUT2D eigenvalue weighted by Crippen LogP contribution is -2.51. The van der Waals surface area contributed by atoms with Crippen molar-refractivity contribution in [3.8, 4) is 6.07 Å². The molecule has 0 saturated carbocycles. The second kappa shape index (κ2) is 5.92. The van der Waals surface area contributed by atoms with Gasteiger partial charge >= 0.3 is 0 Å². The van der Waals surface area contributed by atoms with E-state index in [2.05, 4.69) is 4.72 Å². The van der Waals surface area contributed by atoms with Crippen molar-refractivity contribution in [3.63, 3.8) is 0 Å². The molecule has 2 rings (SSSR count). The minimum atomic E-state index is -3.56. The molecule has 0 spiro atoms. The third-order valence-corrected chi connectivity index (χ3v) is 4.99. The van der Waals surface area contributed by atoms with E-state index in [0.29, 0.717) is 13.2 Å². The second-order valence-corrected chi connectivity index (χ2v) is 6.98. The Kier molecular flexibility index (Phi) is 4.43. The zero-order valence-electron chi connectivity index (χ0n) is 11.4. The highest BCUT2D eigenvalue weighted by molar-refractivity contribution is 7.89. The van der Waals surface area contributed by atoms with Gasteiger partial charge in [0.05, 0.1) is 29.5 Å². The molecule has 5 nitrogen and oxygen atoms in total. The molecule has 6 heteroatoms. The first-order valence-corrected chi connectivity index (χ1v) is 8.01. The number of hydrogen-bond donors (Lipinski definition) is 1. The summed E-state index contributed by atoms with van der Waals surface area (Å²) >= 11 is 0. The molecule has 1 fully saturated rings. The molecule has 1 aliphatic heterocycles. The van der Waals surface area contributed by atoms with Gasteiger partial charge in [-0.05, 0) is 37.5 Å². The van der Waals surface area contributed by atoms with Gasteiger partial charge in [-0.15, -0.1) is 0 Å². The average Bonchev–Trinajstić information content (AvgIpc) is 2.39. The molecular formula is C14H18N2O3S. The molecule has 1 atom stereocenters. The van der Waals surface area contributed by atoms with Crippen LogP contribution in [0.1, 0.15) is 25.3 Å². The molecule has 0 amide bonds. The van der Waals surface area contributed by atoms with Crippen molar-refractivity contribution in [2.24, 2.45) is 0 Å². The van der Waals surface area contributed by atoms with E-state index < -0.39 is 15.6 Å². The predicted molar refractivity (Wildman–Crippen MR) is 74.5 cm³/mol. The maximum Gasteiger partial charge on any atom is 0.241 e. The Labute approximate surface area is 119 Å². The maximum atomic E-state index is 12.3. The van der Waals surface area contributed by atoms with E-state index in [4.69, 9.17) is 10.00 Å². The first kappa shape index (κ1) is 15.0. The Morgan fingerprint density at radius 2 is 2.10 bits per heavy atom. The van der Waals surface area contributed by atoms with Crippen LogP contribution in [0.25, 0.3) is 0 Å². The van der Waals surface area contributed by atoms with Gasteiger partial charge in [-0.25, -0.2) is 13.1 Å². The summed E-state index contributed by atoms with van der Waals surface area (Å²) in [6.45, 7) is 2.92. The molecule has 1 aromatic carbocycles. The fourth-order valence-corrected chi connectivity index (χ4v) is 3.70. The van der Waals surface area contributed by atoms with Gasteiger partial charge in [-0.3, -0.25) is 0 Å². The summed E-state index contributed by atoms with van der Waals surface area (Å²) < 4.78 is 32.8. The number of nitrogens with one attached hydrogen (secondary N) is 1. The third kappa shape index (κ3) is 3.57. The number of rotatable bonds is 4. The Hall–Kier alpha value is -1.42. The van der Waals surface area contributed by atoms with Crippen LogP contribution in [0.5, 0.6) is 0 Å². The van der Waals surface area contributed by atoms with E-state index in [-0.39, 0.29) is 11.3 Å². The van der Waals surface area contributed by atoms with Crippen molar-refractivity contribution in [3.05, 3.63) is 29.8 Å². The first-order valence-electron chi connectivity index (χ1n) is 6.53. The smallest absolute Gasteiger partial charge is 0.241 e. The summed E-state index contributed by atoms with van der Waals surface area (Å²) in [4.78, 5) is 0.214. The zero-order valence-corrected chi connectivity index (χ0v) is 12.2. The SMILES string of the molecule is CC1(NS(=O)(=O)c2ccc(CC#N)cc2)CCCOC1. The summed E-state index contributed by atoms with van der Waals surface area (Å²) in [7, 11) is -3.56. The van der Waals surface area contributed by atoms with Gasteiger partial charge in [0.25, 0.3) is 0 Å². The van der Waals surface area contributed by atoms with Crippen LogP contribution in [-0.4, -0.2) is 27.2 Å². The van der Waals surface area contributed by atoms with Gasteiger partial charge < -0.3 is 4.74 Å². The minimum absolute atomic E-state index is 0.214. The van der Waals surface area contributed by atoms with Gasteiger partial charge in [-0.1, -0.05) is 12.1 Å². The highest BCUT2D eigenvalue weighted by atomic mass is 32.2. The van der Waals surface area contributed by atoms with E-state index >= 15 is 0 Å². The van der Waals surface area contributed by atoms with Crippen molar-refractivity contribution >= 4 is 10.0 Å². The highest BCUT2D eigenvalue weighted by Gasteiger charge is 2.32. The van der Waals surface area contributed by atoms with Crippen LogP contribution < -0.4 is 4.72 Å². The zero-order chi connectivity index (χ0) is 14.6. The lowest BCUT2D eigenvalue weighted by atomic mass is 9.97. The molecule has 0 bridgehead atoms. The fraction of sp³-hybridized carbons (Fsp3) is 0.500. The molecule has 1 aromatic rings. The summed E-state index contributed by atoms with van der Waals surface area (Å²) in [6.07, 6.45) is 1.89. The molecule has 0 radical (unpaired) electrons. The van der Waals surface area contributed by atoms with Gasteiger partial charge in [0.15, 0.2) is 0 Å². The van der Waals surface area contributed by atoms with E-state index in [1.54, 1.807) is 12.1 Å². The summed E-state index contributed by atoms with van der Waals surface area (Å²) in [5.74, 6) is 0. The average molecular weight is 294 g/mol. The molecule has 1 unspecified atom stereocenters. The molecule has 0 aromatic heterocycles. The van der Waals surface area contributed by atoms with Gasteiger partial charge in [0.1, 0.15) is 0 Å². The number of benzene rings is 1. The molecule has 1 saturated heterocycles. The number of nitrogens with zero attached hydrogens (tertiary/aromatic N) is 1. The monoisotopic (exact) mass is 294 g/mol. The van der Waals surface area contributed by atoms with Crippen molar-refractivity contribution in [1.29, 1.82) is 5.26 Å². The summed E-state index contributed by atoms with van der Waals surface area (Å²) in [5.41, 5.74) is 0.251. The molecule has 20 heavy (non-hydrogen) atoms. The number of ether oxygens (including phenoxy) is 1. The van der Waals surface area contributed by atoms with E-state index in [1.165, 1.54) is 12.1 Å². The standard InChI is InChI=1S/C14H18N2O3S/c1-14(8-2-10-19-11-14)16-20(17,18)13-5-3-12(4-6-13)7-9-15/h3-6,16H,2,7-8,10-11H2,1H3. The Morgan fingerprint density at radius 1 is 1.40 bits per heavy atom. The van der Waals surface area contributed by atoms with Gasteiger partial charge in [0.2, 0.25) is 10.0 Å². The topological polar surface area (TPSA) is 79.2 Å². The van der Waals surface area contributed by atoms with Crippen LogP contribution in [0.15, 0.2) is 29.2 Å². The lowest BCUT2D eigenvalue weighted by molar-refractivity contribution is 0.0386. The van der Waals surface area contributed by atoms with Crippen LogP contribution in [0.3, 0.4) is 0 Å². The first-order chi connectivity index (χ1) is 9.45. The van der Waals surface area contributed by atoms with Crippen LogP contribution in [0.2, 0.25) is 0 Å². The van der Waals surface area contributed by atoms with Crippen molar-refractivity contribution in [2.45, 2.75) is 36.6 Å². The maximum absolute atomic E-state index is 12.3. The quantitative estimate of drug-likeness (QED) is 0.914. The number of sulfonamides is 1. The van der Waals surface area contributed by atoms with Crippen molar-refractivity contribution < 1.29 is 13.2 Å². The third-order valence-electron chi connectivity index (χ3n) is 3.34. The Balaban J connectivity index is 2.15. The van der Waals surface area contributed by atoms with Crippen LogP contribution >= 0.6 is 0 Å². The highest BCUT2D eigenvalue weighted by Crippen LogP contribution is 2.22. The Bertz CT molecular complexity index is 596. The predicted octanol–water partition coefficient (Wildman–Crippen LogP) is 1.60. The fourth-order valence-electron chi connectivity index (χ4n) is 2.28. The van der Waals surface area contributed by atoms with E-state index in [1.807, 2.05) is 13.0 Å². The molecule has 1 heterocycles. The molecule has 1 aliphatic rings. The molecule has 108 valence electrons. The van der Waals surface area contributed by atoms with Crippen molar-refractivity contribution in [1.82, 2.24) is 4.72 Å². The lowest BCUT2D eigenvalue weighted by Gasteiger charge is -2.33. The van der Waals surface area contributed by atoms with Crippen LogP contribution in [0, 0.1) is 11.3 Å². The molecular weight excluding hydrogens is 276 g/mol. The van der Waals surface area contributed by atoms with Crippen LogP contribution in [0.4, 0.5) is 0 Å². The van der Waals surface area contributed by atoms with E-state index in [9.17, 15) is 8.42 Å². The summed E-state index contributed by atoms with van der Waals surface area (Å²) in [6, 6.07) is 8.42. The van der Waals surface area contributed by atoms with Gasteiger partial charge in [-0.2, -0.15) is 5.26 Å². The number of hydrogen-bond acceptors (Lipinski definition) is 4. The molecule has 1 N–H and O–H groups in total. The van der Waals surface area contributed by atoms with E-state index in [0.717, 1.165) is 18.4 Å².